The summed E-state index contributed by atoms with van der Waals surface area (Å²) in [6.45, 7) is 1.16. The maximum absolute atomic E-state index is 14.1. The lowest BCUT2D eigenvalue weighted by atomic mass is 9.95. The summed E-state index contributed by atoms with van der Waals surface area (Å²) in [5, 5.41) is 7.95. The first-order valence-electron chi connectivity index (χ1n) is 11.0. The number of H-pyrrole nitrogens is 1. The zero-order valence-electron chi connectivity index (χ0n) is 18.6. The molecule has 1 aliphatic rings. The van der Waals surface area contributed by atoms with Gasteiger partial charge in [0, 0.05) is 24.6 Å². The number of methoxy groups -OCH3 is 1. The Bertz CT molecular complexity index is 1410. The molecule has 3 heterocycles. The van der Waals surface area contributed by atoms with Crippen molar-refractivity contribution in [2.75, 3.05) is 20.2 Å². The van der Waals surface area contributed by atoms with E-state index in [0.717, 1.165) is 0 Å². The van der Waals surface area contributed by atoms with Gasteiger partial charge >= 0.3 is 0 Å². The minimum atomic E-state index is -0.382. The Labute approximate surface area is 194 Å². The van der Waals surface area contributed by atoms with E-state index in [4.69, 9.17) is 4.74 Å². The number of likely N-dealkylation sites (tertiary alicyclic amines) is 1. The maximum Gasteiger partial charge on any atom is 0.281 e. The highest BCUT2D eigenvalue weighted by Crippen LogP contribution is 2.28. The number of carbonyl (C=O) groups is 1. The van der Waals surface area contributed by atoms with E-state index in [1.165, 1.54) is 10.7 Å². The predicted molar refractivity (Wildman–Crippen MR) is 122 cm³/mol. The molecule has 0 aliphatic carbocycles. The quantitative estimate of drug-likeness (QED) is 0.489. The molecule has 2 aromatic carbocycles. The summed E-state index contributed by atoms with van der Waals surface area (Å²) in [5.74, 6) is 0.597. The lowest BCUT2D eigenvalue weighted by Crippen LogP contribution is -2.38. The Hall–Kier alpha value is -4.08. The van der Waals surface area contributed by atoms with Crippen LogP contribution < -0.4 is 10.3 Å². The number of piperidine rings is 1. The van der Waals surface area contributed by atoms with Crippen LogP contribution in [0, 0.1) is 5.82 Å². The van der Waals surface area contributed by atoms with Crippen LogP contribution >= 0.6 is 0 Å². The number of hydrogen-bond donors (Lipinski definition) is 1. The van der Waals surface area contributed by atoms with Gasteiger partial charge in [-0.15, -0.1) is 5.10 Å². The third-order valence-electron chi connectivity index (χ3n) is 6.18. The Morgan fingerprint density at radius 2 is 1.88 bits per heavy atom. The lowest BCUT2D eigenvalue weighted by Gasteiger charge is -2.31. The fraction of sp³-hybridized carbons (Fsp3) is 0.292. The van der Waals surface area contributed by atoms with Crippen LogP contribution in [0.25, 0.3) is 11.2 Å². The van der Waals surface area contributed by atoms with Crippen LogP contribution in [-0.2, 0) is 6.54 Å². The molecule has 2 aromatic heterocycles. The van der Waals surface area contributed by atoms with E-state index < -0.39 is 0 Å². The molecule has 1 fully saturated rings. The van der Waals surface area contributed by atoms with Crippen LogP contribution in [0.2, 0.25) is 0 Å². The molecule has 0 saturated carbocycles. The lowest BCUT2D eigenvalue weighted by molar-refractivity contribution is 0.0707. The maximum atomic E-state index is 14.1. The van der Waals surface area contributed by atoms with Crippen LogP contribution in [0.15, 0.2) is 53.3 Å². The van der Waals surface area contributed by atoms with E-state index >= 15 is 0 Å². The molecule has 0 unspecified atom stereocenters. The summed E-state index contributed by atoms with van der Waals surface area (Å²) in [6.07, 6.45) is 1.29. The van der Waals surface area contributed by atoms with Gasteiger partial charge in [0.2, 0.25) is 0 Å². The van der Waals surface area contributed by atoms with Crippen LogP contribution in [0.3, 0.4) is 0 Å². The second-order valence-corrected chi connectivity index (χ2v) is 8.23. The molecule has 1 aliphatic heterocycles. The average molecular weight is 462 g/mol. The fourth-order valence-corrected chi connectivity index (χ4v) is 4.32. The molecule has 0 radical (unpaired) electrons. The fourth-order valence-electron chi connectivity index (χ4n) is 4.32. The second kappa shape index (κ2) is 9.05. The molecular formula is C24H23FN6O3. The van der Waals surface area contributed by atoms with E-state index in [9.17, 15) is 14.0 Å². The number of nitrogens with zero attached hydrogens (tertiary/aromatic N) is 5. The topological polar surface area (TPSA) is 106 Å². The molecule has 1 amide bonds. The number of benzene rings is 2. The zero-order valence-corrected chi connectivity index (χ0v) is 18.6. The minimum absolute atomic E-state index is 0.0318. The molecule has 9 nitrogen and oxygen atoms in total. The number of nitrogens with one attached hydrogen (secondary N) is 1. The van der Waals surface area contributed by atoms with Gasteiger partial charge < -0.3 is 14.6 Å². The van der Waals surface area contributed by atoms with Gasteiger partial charge in [-0.3, -0.25) is 9.59 Å². The number of ether oxygens (including phenoxy) is 1. The summed E-state index contributed by atoms with van der Waals surface area (Å²) in [4.78, 5) is 34.9. The molecule has 34 heavy (non-hydrogen) atoms. The van der Waals surface area contributed by atoms with Crippen molar-refractivity contribution in [1.29, 1.82) is 0 Å². The van der Waals surface area contributed by atoms with E-state index in [0.29, 0.717) is 54.3 Å². The molecule has 10 heteroatoms. The third kappa shape index (κ3) is 4.02. The van der Waals surface area contributed by atoms with Crippen LogP contribution in [0.5, 0.6) is 5.75 Å². The minimum Gasteiger partial charge on any atom is -0.496 e. The number of para-hydroxylation sites is 1. The highest BCUT2D eigenvalue weighted by atomic mass is 19.1. The largest absolute Gasteiger partial charge is 0.496 e. The normalized spacial score (nSPS) is 14.5. The van der Waals surface area contributed by atoms with E-state index in [1.807, 2.05) is 12.1 Å². The number of aromatic nitrogens is 5. The molecule has 5 rings (SSSR count). The Morgan fingerprint density at radius 1 is 1.15 bits per heavy atom. The van der Waals surface area contributed by atoms with E-state index in [1.54, 1.807) is 42.3 Å². The number of hydrogen-bond acceptors (Lipinski definition) is 6. The van der Waals surface area contributed by atoms with Crippen molar-refractivity contribution in [2.45, 2.75) is 25.3 Å². The predicted octanol–water partition coefficient (Wildman–Crippen LogP) is 2.73. The smallest absolute Gasteiger partial charge is 0.281 e. The van der Waals surface area contributed by atoms with E-state index in [-0.39, 0.29) is 35.3 Å². The SMILES string of the molecule is COc1ccccc1C(=O)N1CCC(c2nc3c(nnn3Cc3ccccc3F)c(=O)[nH]2)CC1. The van der Waals surface area contributed by atoms with Crippen molar-refractivity contribution in [3.8, 4) is 5.75 Å². The Kier molecular flexibility index (Phi) is 5.79. The molecule has 0 bridgehead atoms. The monoisotopic (exact) mass is 462 g/mol. The van der Waals surface area contributed by atoms with Crippen molar-refractivity contribution < 1.29 is 13.9 Å². The average Bonchev–Trinajstić information content (AvgIpc) is 3.28. The van der Waals surface area contributed by atoms with Crippen LogP contribution in [0.4, 0.5) is 4.39 Å². The summed E-state index contributed by atoms with van der Waals surface area (Å²) >= 11 is 0. The zero-order chi connectivity index (χ0) is 23.7. The molecule has 1 N–H and O–H groups in total. The van der Waals surface area contributed by atoms with Crippen molar-refractivity contribution in [2.24, 2.45) is 0 Å². The highest BCUT2D eigenvalue weighted by molar-refractivity contribution is 5.97. The number of amides is 1. The summed E-state index contributed by atoms with van der Waals surface area (Å²) < 4.78 is 20.9. The third-order valence-corrected chi connectivity index (χ3v) is 6.18. The molecule has 4 aromatic rings. The number of aromatic amines is 1. The van der Waals surface area contributed by atoms with Crippen molar-refractivity contribution in [3.63, 3.8) is 0 Å². The molecule has 0 spiro atoms. The van der Waals surface area contributed by atoms with Gasteiger partial charge in [-0.2, -0.15) is 0 Å². The molecule has 0 atom stereocenters. The summed E-state index contributed by atoms with van der Waals surface area (Å²) in [7, 11) is 1.54. The van der Waals surface area contributed by atoms with E-state index in [2.05, 4.69) is 20.3 Å². The van der Waals surface area contributed by atoms with Gasteiger partial charge in [-0.1, -0.05) is 35.5 Å². The van der Waals surface area contributed by atoms with Crippen molar-refractivity contribution in [3.05, 3.63) is 81.7 Å². The van der Waals surface area contributed by atoms with Crippen LogP contribution in [0.1, 0.15) is 40.5 Å². The summed E-state index contributed by atoms with van der Waals surface area (Å²) in [6, 6.07) is 13.5. The molecular weight excluding hydrogens is 439 g/mol. The molecule has 1 saturated heterocycles. The number of rotatable bonds is 5. The highest BCUT2D eigenvalue weighted by Gasteiger charge is 2.28. The van der Waals surface area contributed by atoms with Gasteiger partial charge in [0.05, 0.1) is 19.2 Å². The molecule has 174 valence electrons. The second-order valence-electron chi connectivity index (χ2n) is 8.23. The van der Waals surface area contributed by atoms with Gasteiger partial charge in [0.25, 0.3) is 11.5 Å². The number of halogens is 1. The summed E-state index contributed by atoms with van der Waals surface area (Å²) in [5.41, 5.74) is 1.01. The first-order chi connectivity index (χ1) is 16.5. The number of fused-ring (bicyclic) bond motifs is 1. The standard InChI is InChI=1S/C24H23FN6O3/c1-34-19-9-5-3-7-17(19)24(33)30-12-10-15(11-13-30)21-26-22-20(23(32)27-21)28-29-31(22)14-16-6-2-4-8-18(16)25/h2-9,15H,10-14H2,1H3,(H,26,27,32). The van der Waals surface area contributed by atoms with Gasteiger partial charge in [-0.05, 0) is 31.0 Å². The van der Waals surface area contributed by atoms with Gasteiger partial charge in [0.15, 0.2) is 11.2 Å². The first-order valence-corrected chi connectivity index (χ1v) is 11.0. The van der Waals surface area contributed by atoms with Crippen LogP contribution in [-0.4, -0.2) is 56.0 Å². The first kappa shape index (κ1) is 21.7. The number of carbonyl (C=O) groups excluding carboxylic acids is 1. The van der Waals surface area contributed by atoms with Gasteiger partial charge in [0.1, 0.15) is 17.4 Å². The van der Waals surface area contributed by atoms with Crippen molar-refractivity contribution in [1.82, 2.24) is 29.9 Å². The Morgan fingerprint density at radius 3 is 2.65 bits per heavy atom. The van der Waals surface area contributed by atoms with Crippen molar-refractivity contribution >= 4 is 17.1 Å². The Balaban J connectivity index is 1.36. The van der Waals surface area contributed by atoms with Gasteiger partial charge in [-0.25, -0.2) is 14.1 Å².